The number of aromatic amines is 1. The van der Waals surface area contributed by atoms with E-state index in [4.69, 9.17) is 10.00 Å². The zero-order valence-electron chi connectivity index (χ0n) is 12.8. The average Bonchev–Trinajstić information content (AvgIpc) is 2.61. The number of aromatic nitrogens is 2. The number of halogens is 1. The largest absolute Gasteiger partial charge is 0.478 e. The molecule has 0 unspecified atom stereocenters. The second kappa shape index (κ2) is 7.15. The third kappa shape index (κ3) is 3.51. The van der Waals surface area contributed by atoms with E-state index in [1.54, 1.807) is 42.5 Å². The van der Waals surface area contributed by atoms with Gasteiger partial charge in [0.25, 0.3) is 5.56 Å². The van der Waals surface area contributed by atoms with E-state index in [0.29, 0.717) is 22.2 Å². The lowest BCUT2D eigenvalue weighted by atomic mass is 10.2. The van der Waals surface area contributed by atoms with Crippen molar-refractivity contribution < 1.29 is 4.74 Å². The summed E-state index contributed by atoms with van der Waals surface area (Å²) in [4.78, 5) is 27.2. The smallest absolute Gasteiger partial charge is 0.349 e. The molecule has 0 fully saturated rings. The maximum atomic E-state index is 12.4. The van der Waals surface area contributed by atoms with Gasteiger partial charge in [-0.15, -0.1) is 4.68 Å². The van der Waals surface area contributed by atoms with Crippen LogP contribution in [0.2, 0.25) is 0 Å². The maximum absolute atomic E-state index is 12.4. The third-order valence-corrected chi connectivity index (χ3v) is 3.85. The summed E-state index contributed by atoms with van der Waals surface area (Å²) in [5.74, 6) is 0.416. The predicted octanol–water partition coefficient (Wildman–Crippen LogP) is 2.24. The Hall–Kier alpha value is -3.18. The van der Waals surface area contributed by atoms with E-state index in [1.165, 1.54) is 6.21 Å². The molecule has 0 aliphatic carbocycles. The monoisotopic (exact) mass is 398 g/mol. The maximum Gasteiger partial charge on any atom is 0.349 e. The van der Waals surface area contributed by atoms with Gasteiger partial charge < -0.3 is 9.72 Å². The highest BCUT2D eigenvalue weighted by Crippen LogP contribution is 2.21. The third-order valence-electron chi connectivity index (χ3n) is 3.36. The fourth-order valence-corrected chi connectivity index (χ4v) is 2.62. The lowest BCUT2D eigenvalue weighted by molar-refractivity contribution is 0.367. The van der Waals surface area contributed by atoms with Crippen LogP contribution in [0.5, 0.6) is 5.75 Å². The van der Waals surface area contributed by atoms with Crippen LogP contribution in [0.25, 0.3) is 10.9 Å². The molecule has 3 aromatic rings. The van der Waals surface area contributed by atoms with Crippen molar-refractivity contribution in [2.75, 3.05) is 6.61 Å². The number of hydrogen-bond acceptors (Lipinski definition) is 5. The number of rotatable bonds is 4. The summed E-state index contributed by atoms with van der Waals surface area (Å²) < 4.78 is 6.82. The summed E-state index contributed by atoms with van der Waals surface area (Å²) in [6.07, 6.45) is 1.34. The lowest BCUT2D eigenvalue weighted by Gasteiger charge is -2.06. The van der Waals surface area contributed by atoms with Crippen LogP contribution in [0.1, 0.15) is 5.56 Å². The Bertz CT molecular complexity index is 1130. The number of ether oxygens (including phenoxy) is 1. The number of para-hydroxylation sites is 1. The number of nitrogens with zero attached hydrogens (tertiary/aromatic N) is 3. The number of nitrogens with one attached hydrogen (secondary N) is 1. The Morgan fingerprint density at radius 1 is 1.28 bits per heavy atom. The zero-order valence-corrected chi connectivity index (χ0v) is 14.4. The highest BCUT2D eigenvalue weighted by Gasteiger charge is 2.07. The summed E-state index contributed by atoms with van der Waals surface area (Å²) in [6, 6.07) is 13.7. The van der Waals surface area contributed by atoms with Crippen molar-refractivity contribution >= 4 is 33.0 Å². The van der Waals surface area contributed by atoms with Gasteiger partial charge in [0.1, 0.15) is 11.8 Å². The van der Waals surface area contributed by atoms with Crippen molar-refractivity contribution in [3.8, 4) is 11.8 Å². The molecule has 124 valence electrons. The standard InChI is InChI=1S/C17H11BrN4O3/c18-12-5-6-15(25-8-7-19)11(9-12)10-20-22-16(23)13-3-1-2-4-14(13)21-17(22)24/h1-6,9-10H,8H2,(H,21,24). The fourth-order valence-electron chi connectivity index (χ4n) is 2.24. The molecule has 0 bridgehead atoms. The van der Waals surface area contributed by atoms with E-state index in [-0.39, 0.29) is 6.61 Å². The molecule has 0 spiro atoms. The Balaban J connectivity index is 2.08. The van der Waals surface area contributed by atoms with Gasteiger partial charge in [-0.2, -0.15) is 10.4 Å². The molecule has 1 aromatic heterocycles. The SMILES string of the molecule is N#CCOc1ccc(Br)cc1C=Nn1c(=O)[nH]c2ccccc2c1=O. The van der Waals surface area contributed by atoms with Gasteiger partial charge >= 0.3 is 5.69 Å². The molecule has 1 N–H and O–H groups in total. The van der Waals surface area contributed by atoms with Crippen LogP contribution >= 0.6 is 15.9 Å². The summed E-state index contributed by atoms with van der Waals surface area (Å²) in [5, 5.41) is 13.0. The van der Waals surface area contributed by atoms with Crippen molar-refractivity contribution in [1.29, 1.82) is 5.26 Å². The molecule has 0 aliphatic rings. The molecular weight excluding hydrogens is 388 g/mol. The number of fused-ring (bicyclic) bond motifs is 1. The zero-order chi connectivity index (χ0) is 17.8. The van der Waals surface area contributed by atoms with E-state index in [0.717, 1.165) is 9.15 Å². The van der Waals surface area contributed by atoms with Crippen molar-refractivity contribution in [3.63, 3.8) is 0 Å². The van der Waals surface area contributed by atoms with Crippen LogP contribution in [0, 0.1) is 11.3 Å². The van der Waals surface area contributed by atoms with Crippen molar-refractivity contribution in [2.24, 2.45) is 5.10 Å². The molecular formula is C17H11BrN4O3. The fraction of sp³-hybridized carbons (Fsp3) is 0.0588. The van der Waals surface area contributed by atoms with E-state index in [9.17, 15) is 9.59 Å². The van der Waals surface area contributed by atoms with Gasteiger partial charge in [-0.25, -0.2) is 4.79 Å². The molecule has 0 aliphatic heterocycles. The first-order valence-electron chi connectivity index (χ1n) is 7.18. The molecule has 1 heterocycles. The van der Waals surface area contributed by atoms with Gasteiger partial charge in [0.2, 0.25) is 0 Å². The van der Waals surface area contributed by atoms with E-state index in [1.807, 2.05) is 6.07 Å². The van der Waals surface area contributed by atoms with Crippen molar-refractivity contribution in [3.05, 3.63) is 73.3 Å². The molecule has 7 nitrogen and oxygen atoms in total. The lowest BCUT2D eigenvalue weighted by Crippen LogP contribution is -2.32. The van der Waals surface area contributed by atoms with E-state index >= 15 is 0 Å². The number of hydrogen-bond donors (Lipinski definition) is 1. The number of H-pyrrole nitrogens is 1. The summed E-state index contributed by atoms with van der Waals surface area (Å²) in [6.45, 7) is -0.126. The van der Waals surface area contributed by atoms with Crippen LogP contribution < -0.4 is 16.0 Å². The van der Waals surface area contributed by atoms with Crippen LogP contribution in [-0.4, -0.2) is 22.5 Å². The molecule has 0 radical (unpaired) electrons. The molecule has 2 aromatic carbocycles. The minimum Gasteiger partial charge on any atom is -0.478 e. The van der Waals surface area contributed by atoms with Crippen LogP contribution in [0.4, 0.5) is 0 Å². The van der Waals surface area contributed by atoms with Gasteiger partial charge in [-0.1, -0.05) is 28.1 Å². The van der Waals surface area contributed by atoms with Crippen LogP contribution in [0.15, 0.2) is 61.6 Å². The Labute approximate surface area is 149 Å². The van der Waals surface area contributed by atoms with E-state index in [2.05, 4.69) is 26.0 Å². The molecule has 0 atom stereocenters. The summed E-state index contributed by atoms with van der Waals surface area (Å²) >= 11 is 3.33. The Kier molecular flexibility index (Phi) is 4.77. The van der Waals surface area contributed by atoms with Crippen LogP contribution in [0.3, 0.4) is 0 Å². The second-order valence-electron chi connectivity index (χ2n) is 4.97. The van der Waals surface area contributed by atoms with E-state index < -0.39 is 11.2 Å². The second-order valence-corrected chi connectivity index (χ2v) is 5.88. The van der Waals surface area contributed by atoms with Gasteiger partial charge in [0, 0.05) is 10.0 Å². The number of benzene rings is 2. The quantitative estimate of drug-likeness (QED) is 0.680. The Morgan fingerprint density at radius 3 is 2.88 bits per heavy atom. The van der Waals surface area contributed by atoms with Crippen molar-refractivity contribution in [1.82, 2.24) is 9.66 Å². The first-order chi connectivity index (χ1) is 12.1. The molecule has 0 saturated carbocycles. The molecule has 0 amide bonds. The minimum absolute atomic E-state index is 0.126. The Morgan fingerprint density at radius 2 is 2.08 bits per heavy atom. The van der Waals surface area contributed by atoms with Gasteiger partial charge in [0.15, 0.2) is 6.61 Å². The predicted molar refractivity (Wildman–Crippen MR) is 97.1 cm³/mol. The minimum atomic E-state index is -0.644. The number of nitriles is 1. The highest BCUT2D eigenvalue weighted by atomic mass is 79.9. The first kappa shape index (κ1) is 16.7. The van der Waals surface area contributed by atoms with Crippen LogP contribution in [-0.2, 0) is 0 Å². The normalized spacial score (nSPS) is 10.9. The topological polar surface area (TPSA) is 100 Å². The average molecular weight is 399 g/mol. The summed E-state index contributed by atoms with van der Waals surface area (Å²) in [7, 11) is 0. The highest BCUT2D eigenvalue weighted by molar-refractivity contribution is 9.10. The van der Waals surface area contributed by atoms with Crippen molar-refractivity contribution in [2.45, 2.75) is 0 Å². The molecule has 0 saturated heterocycles. The van der Waals surface area contributed by atoms with Gasteiger partial charge in [0.05, 0.1) is 17.1 Å². The molecule has 3 rings (SSSR count). The first-order valence-corrected chi connectivity index (χ1v) is 7.97. The molecule has 25 heavy (non-hydrogen) atoms. The van der Waals surface area contributed by atoms with Gasteiger partial charge in [-0.3, -0.25) is 4.79 Å². The summed E-state index contributed by atoms with van der Waals surface area (Å²) in [5.41, 5.74) is -0.201. The van der Waals surface area contributed by atoms with Gasteiger partial charge in [-0.05, 0) is 30.3 Å². The molecule has 8 heteroatoms.